The quantitative estimate of drug-likeness (QED) is 0.761. The van der Waals surface area contributed by atoms with Crippen LogP contribution in [-0.4, -0.2) is 36.2 Å². The van der Waals surface area contributed by atoms with Gasteiger partial charge in [-0.2, -0.15) is 0 Å². The van der Waals surface area contributed by atoms with Crippen molar-refractivity contribution in [2.45, 2.75) is 19.6 Å². The van der Waals surface area contributed by atoms with Gasteiger partial charge in [0.1, 0.15) is 18.0 Å². The second kappa shape index (κ2) is 4.10. The first-order chi connectivity index (χ1) is 8.31. The highest BCUT2D eigenvalue weighted by atomic mass is 15.3. The van der Waals surface area contributed by atoms with E-state index >= 15 is 0 Å². The number of anilines is 1. The van der Waals surface area contributed by atoms with Crippen LogP contribution < -0.4 is 5.73 Å². The third-order valence-corrected chi connectivity index (χ3v) is 2.83. The Morgan fingerprint density at radius 1 is 1.24 bits per heavy atom. The molecule has 0 saturated heterocycles. The van der Waals surface area contributed by atoms with Crippen molar-refractivity contribution in [1.29, 1.82) is 0 Å². The van der Waals surface area contributed by atoms with E-state index in [0.29, 0.717) is 5.82 Å². The van der Waals surface area contributed by atoms with Gasteiger partial charge in [0.15, 0.2) is 0 Å². The van der Waals surface area contributed by atoms with Gasteiger partial charge in [-0.3, -0.25) is 9.88 Å². The Hall–Kier alpha value is -2.02. The maximum Gasteiger partial charge on any atom is 0.147 e. The predicted octanol–water partition coefficient (Wildman–Crippen LogP) is -0.334. The molecule has 88 valence electrons. The zero-order valence-electron chi connectivity index (χ0n) is 9.32. The molecule has 7 nitrogen and oxygen atoms in total. The molecule has 2 aromatic rings. The number of hydrogen-bond donors (Lipinski definition) is 1. The molecule has 2 N–H and O–H groups in total. The topological polar surface area (TPSA) is 85.8 Å². The summed E-state index contributed by atoms with van der Waals surface area (Å²) in [4.78, 5) is 10.5. The summed E-state index contributed by atoms with van der Waals surface area (Å²) in [6.07, 6.45) is 5.08. The molecule has 0 bridgehead atoms. The zero-order chi connectivity index (χ0) is 11.7. The van der Waals surface area contributed by atoms with Crippen molar-refractivity contribution >= 4 is 5.82 Å². The number of nitrogen functional groups attached to an aromatic ring is 1. The van der Waals surface area contributed by atoms with Crippen molar-refractivity contribution in [3.63, 3.8) is 0 Å². The van der Waals surface area contributed by atoms with Gasteiger partial charge in [-0.25, -0.2) is 4.98 Å². The fourth-order valence-corrected chi connectivity index (χ4v) is 1.93. The van der Waals surface area contributed by atoms with Crippen molar-refractivity contribution in [3.05, 3.63) is 30.2 Å². The number of rotatable bonds is 2. The van der Waals surface area contributed by atoms with Gasteiger partial charge in [0, 0.05) is 19.6 Å². The molecule has 17 heavy (non-hydrogen) atoms. The van der Waals surface area contributed by atoms with Crippen LogP contribution in [0.2, 0.25) is 0 Å². The summed E-state index contributed by atoms with van der Waals surface area (Å²) in [6.45, 7) is 3.45. The lowest BCUT2D eigenvalue weighted by Gasteiger charge is -2.26. The fraction of sp³-hybridized carbons (Fsp3) is 0.400. The van der Waals surface area contributed by atoms with E-state index in [9.17, 15) is 0 Å². The lowest BCUT2D eigenvalue weighted by molar-refractivity contribution is 0.206. The van der Waals surface area contributed by atoms with Crippen molar-refractivity contribution < 1.29 is 0 Å². The number of fused-ring (bicyclic) bond motifs is 1. The molecule has 3 rings (SSSR count). The Labute approximate surface area is 98.3 Å². The largest absolute Gasteiger partial charge is 0.382 e. The van der Waals surface area contributed by atoms with Crippen molar-refractivity contribution in [1.82, 2.24) is 29.6 Å². The van der Waals surface area contributed by atoms with Crippen LogP contribution in [0.5, 0.6) is 0 Å². The summed E-state index contributed by atoms with van der Waals surface area (Å²) in [6, 6.07) is 0. The summed E-state index contributed by atoms with van der Waals surface area (Å²) in [5, 5.41) is 7.98. The Kier molecular flexibility index (Phi) is 2.45. The molecule has 0 saturated carbocycles. The molecule has 1 aliphatic heterocycles. The van der Waals surface area contributed by atoms with Gasteiger partial charge in [-0.1, -0.05) is 0 Å². The molecule has 0 unspecified atom stereocenters. The Morgan fingerprint density at radius 3 is 3.00 bits per heavy atom. The monoisotopic (exact) mass is 231 g/mol. The van der Waals surface area contributed by atoms with Crippen LogP contribution in [0.15, 0.2) is 18.7 Å². The highest BCUT2D eigenvalue weighted by molar-refractivity contribution is 5.22. The SMILES string of the molecule is Nc1cnc(CN2CCn3cnnc3C2)cn1. The summed E-state index contributed by atoms with van der Waals surface area (Å²) < 4.78 is 2.07. The summed E-state index contributed by atoms with van der Waals surface area (Å²) in [7, 11) is 0. The standard InChI is InChI=1S/C10H13N7/c11-9-4-12-8(3-13-9)5-16-1-2-17-7-14-15-10(17)6-16/h3-4,7H,1-2,5-6H2,(H2,11,13). The van der Waals surface area contributed by atoms with E-state index < -0.39 is 0 Å². The van der Waals surface area contributed by atoms with Crippen LogP contribution in [0.1, 0.15) is 11.5 Å². The van der Waals surface area contributed by atoms with E-state index in [-0.39, 0.29) is 0 Å². The summed E-state index contributed by atoms with van der Waals surface area (Å²) >= 11 is 0. The maximum atomic E-state index is 5.50. The van der Waals surface area contributed by atoms with E-state index in [4.69, 9.17) is 5.73 Å². The van der Waals surface area contributed by atoms with Crippen molar-refractivity contribution in [2.24, 2.45) is 0 Å². The Morgan fingerprint density at radius 2 is 2.18 bits per heavy atom. The number of hydrogen-bond acceptors (Lipinski definition) is 6. The molecule has 0 spiro atoms. The molecule has 0 amide bonds. The van der Waals surface area contributed by atoms with Crippen LogP contribution in [0.25, 0.3) is 0 Å². The average Bonchev–Trinajstić information content (AvgIpc) is 2.79. The average molecular weight is 231 g/mol. The summed E-state index contributed by atoms with van der Waals surface area (Å²) in [5.74, 6) is 1.45. The second-order valence-electron chi connectivity index (χ2n) is 4.08. The minimum Gasteiger partial charge on any atom is -0.382 e. The van der Waals surface area contributed by atoms with Crippen molar-refractivity contribution in [2.75, 3.05) is 12.3 Å². The van der Waals surface area contributed by atoms with Crippen LogP contribution in [0.3, 0.4) is 0 Å². The van der Waals surface area contributed by atoms with E-state index in [1.54, 1.807) is 18.7 Å². The Balaban J connectivity index is 1.69. The second-order valence-corrected chi connectivity index (χ2v) is 4.08. The van der Waals surface area contributed by atoms with E-state index in [2.05, 4.69) is 29.6 Å². The molecule has 7 heteroatoms. The minimum absolute atomic E-state index is 0.451. The Bertz CT molecular complexity index is 504. The van der Waals surface area contributed by atoms with E-state index in [0.717, 1.165) is 37.7 Å². The molecule has 0 atom stereocenters. The number of nitrogens with zero attached hydrogens (tertiary/aromatic N) is 6. The van der Waals surface area contributed by atoms with Crippen LogP contribution in [0, 0.1) is 0 Å². The van der Waals surface area contributed by atoms with Gasteiger partial charge in [-0.15, -0.1) is 10.2 Å². The molecule has 0 aromatic carbocycles. The van der Waals surface area contributed by atoms with Crippen LogP contribution in [0.4, 0.5) is 5.82 Å². The normalized spacial score (nSPS) is 15.8. The lowest BCUT2D eigenvalue weighted by atomic mass is 10.3. The lowest BCUT2D eigenvalue weighted by Crippen LogP contribution is -2.33. The highest BCUT2D eigenvalue weighted by Gasteiger charge is 2.17. The van der Waals surface area contributed by atoms with Gasteiger partial charge in [0.25, 0.3) is 0 Å². The minimum atomic E-state index is 0.451. The molecular formula is C10H13N7. The number of nitrogens with two attached hydrogens (primary N) is 1. The van der Waals surface area contributed by atoms with Crippen LogP contribution in [-0.2, 0) is 19.6 Å². The van der Waals surface area contributed by atoms with E-state index in [1.165, 1.54) is 0 Å². The first kappa shape index (κ1) is 10.2. The fourth-order valence-electron chi connectivity index (χ4n) is 1.93. The predicted molar refractivity (Wildman–Crippen MR) is 60.6 cm³/mol. The molecule has 0 aliphatic carbocycles. The zero-order valence-corrected chi connectivity index (χ0v) is 9.32. The molecule has 0 radical (unpaired) electrons. The van der Waals surface area contributed by atoms with Gasteiger partial charge >= 0.3 is 0 Å². The molecule has 1 aliphatic rings. The third kappa shape index (κ3) is 2.09. The van der Waals surface area contributed by atoms with Crippen molar-refractivity contribution in [3.8, 4) is 0 Å². The molecule has 3 heterocycles. The summed E-state index contributed by atoms with van der Waals surface area (Å²) in [5.41, 5.74) is 6.42. The first-order valence-electron chi connectivity index (χ1n) is 5.47. The molecule has 0 fully saturated rings. The number of aromatic nitrogens is 5. The highest BCUT2D eigenvalue weighted by Crippen LogP contribution is 2.11. The van der Waals surface area contributed by atoms with E-state index in [1.807, 2.05) is 0 Å². The van der Waals surface area contributed by atoms with Gasteiger partial charge in [0.05, 0.1) is 24.6 Å². The first-order valence-corrected chi connectivity index (χ1v) is 5.47. The van der Waals surface area contributed by atoms with Gasteiger partial charge in [0.2, 0.25) is 0 Å². The molecular weight excluding hydrogens is 218 g/mol. The van der Waals surface area contributed by atoms with Gasteiger partial charge in [-0.05, 0) is 0 Å². The smallest absolute Gasteiger partial charge is 0.147 e. The third-order valence-electron chi connectivity index (χ3n) is 2.83. The maximum absolute atomic E-state index is 5.50. The van der Waals surface area contributed by atoms with Gasteiger partial charge < -0.3 is 10.3 Å². The van der Waals surface area contributed by atoms with Crippen LogP contribution >= 0.6 is 0 Å². The molecule has 2 aromatic heterocycles.